The van der Waals surface area contributed by atoms with Crippen LogP contribution < -0.4 is 0 Å². The third-order valence-corrected chi connectivity index (χ3v) is 4.34. The lowest BCUT2D eigenvalue weighted by Gasteiger charge is -2.34. The lowest BCUT2D eigenvalue weighted by Crippen LogP contribution is -2.48. The van der Waals surface area contributed by atoms with Gasteiger partial charge in [-0.3, -0.25) is 14.9 Å². The van der Waals surface area contributed by atoms with E-state index in [1.807, 2.05) is 0 Å². The fraction of sp³-hybridized carbons (Fsp3) is 0.562. The van der Waals surface area contributed by atoms with Crippen LogP contribution in [0.2, 0.25) is 0 Å². The van der Waals surface area contributed by atoms with E-state index in [1.54, 1.807) is 37.8 Å². The highest BCUT2D eigenvalue weighted by atomic mass is 16.6. The number of likely N-dealkylation sites (tertiary alicyclic amines) is 1. The van der Waals surface area contributed by atoms with Crippen LogP contribution in [0.4, 0.5) is 5.69 Å². The van der Waals surface area contributed by atoms with Crippen molar-refractivity contribution >= 4 is 11.6 Å². The molecule has 1 saturated heterocycles. The Labute approximate surface area is 129 Å². The molecule has 6 heteroatoms. The van der Waals surface area contributed by atoms with Crippen molar-refractivity contribution in [1.82, 2.24) is 4.90 Å². The van der Waals surface area contributed by atoms with Gasteiger partial charge >= 0.3 is 0 Å². The summed E-state index contributed by atoms with van der Waals surface area (Å²) in [7, 11) is 0. The first-order valence-corrected chi connectivity index (χ1v) is 7.46. The summed E-state index contributed by atoms with van der Waals surface area (Å²) in [5.41, 5.74) is 0.287. The van der Waals surface area contributed by atoms with Gasteiger partial charge in [-0.05, 0) is 39.2 Å². The molecule has 6 nitrogen and oxygen atoms in total. The monoisotopic (exact) mass is 306 g/mol. The number of amides is 1. The van der Waals surface area contributed by atoms with Crippen molar-refractivity contribution in [2.75, 3.05) is 6.54 Å². The number of carbonyl (C=O) groups is 1. The third kappa shape index (κ3) is 3.27. The number of nitrogens with zero attached hydrogens (tertiary/aromatic N) is 2. The number of nitro benzene ring substituents is 1. The van der Waals surface area contributed by atoms with Gasteiger partial charge in [-0.2, -0.15) is 0 Å². The number of nitro groups is 1. The summed E-state index contributed by atoms with van der Waals surface area (Å²) in [5.74, 6) is -0.0896. The SMILES string of the molecule is Cc1c(CC(=O)N2CCC[C@@H]2C(C)(C)O)cccc1[N+](=O)[O-]. The predicted octanol–water partition coefficient (Wildman–Crippen LogP) is 2.21. The van der Waals surface area contributed by atoms with Gasteiger partial charge in [0, 0.05) is 18.2 Å². The van der Waals surface area contributed by atoms with Crippen molar-refractivity contribution in [2.45, 2.75) is 51.7 Å². The molecule has 0 saturated carbocycles. The first-order chi connectivity index (χ1) is 10.2. The van der Waals surface area contributed by atoms with Crippen molar-refractivity contribution in [3.05, 3.63) is 39.4 Å². The molecule has 1 N–H and O–H groups in total. The number of aliphatic hydroxyl groups is 1. The van der Waals surface area contributed by atoms with Crippen LogP contribution in [0.25, 0.3) is 0 Å². The number of hydrogen-bond acceptors (Lipinski definition) is 4. The second-order valence-electron chi connectivity index (χ2n) is 6.39. The van der Waals surface area contributed by atoms with Crippen LogP contribution in [-0.2, 0) is 11.2 Å². The molecule has 1 aromatic rings. The van der Waals surface area contributed by atoms with E-state index in [4.69, 9.17) is 0 Å². The van der Waals surface area contributed by atoms with Gasteiger partial charge in [0.1, 0.15) is 0 Å². The number of carbonyl (C=O) groups excluding carboxylic acids is 1. The molecule has 2 rings (SSSR count). The molecule has 0 aromatic heterocycles. The van der Waals surface area contributed by atoms with Crippen molar-refractivity contribution < 1.29 is 14.8 Å². The maximum Gasteiger partial charge on any atom is 0.272 e. The Balaban J connectivity index is 2.19. The van der Waals surface area contributed by atoms with Crippen LogP contribution in [0.5, 0.6) is 0 Å². The van der Waals surface area contributed by atoms with Crippen molar-refractivity contribution in [1.29, 1.82) is 0 Å². The quantitative estimate of drug-likeness (QED) is 0.683. The lowest BCUT2D eigenvalue weighted by molar-refractivity contribution is -0.385. The first-order valence-electron chi connectivity index (χ1n) is 7.46. The van der Waals surface area contributed by atoms with Crippen LogP contribution in [0.15, 0.2) is 18.2 Å². The predicted molar refractivity (Wildman–Crippen MR) is 82.6 cm³/mol. The molecule has 1 amide bonds. The molecular weight excluding hydrogens is 284 g/mol. The molecule has 0 bridgehead atoms. The maximum atomic E-state index is 12.6. The smallest absolute Gasteiger partial charge is 0.272 e. The highest BCUT2D eigenvalue weighted by molar-refractivity contribution is 5.80. The molecule has 120 valence electrons. The molecule has 1 fully saturated rings. The summed E-state index contributed by atoms with van der Waals surface area (Å²) in [6.07, 6.45) is 1.78. The van der Waals surface area contributed by atoms with Crippen molar-refractivity contribution in [3.63, 3.8) is 0 Å². The largest absolute Gasteiger partial charge is 0.388 e. The normalized spacial score (nSPS) is 18.5. The van der Waals surface area contributed by atoms with E-state index in [0.717, 1.165) is 12.8 Å². The van der Waals surface area contributed by atoms with Crippen LogP contribution >= 0.6 is 0 Å². The van der Waals surface area contributed by atoms with Gasteiger partial charge in [0.15, 0.2) is 0 Å². The zero-order chi connectivity index (χ0) is 16.5. The van der Waals surface area contributed by atoms with Gasteiger partial charge < -0.3 is 10.0 Å². The summed E-state index contributed by atoms with van der Waals surface area (Å²) in [5, 5.41) is 21.2. The molecule has 1 aliphatic rings. The van der Waals surface area contributed by atoms with Gasteiger partial charge in [-0.25, -0.2) is 0 Å². The Hall–Kier alpha value is -1.95. The molecule has 0 unspecified atom stereocenters. The summed E-state index contributed by atoms with van der Waals surface area (Å²) in [6.45, 7) is 5.71. The average molecular weight is 306 g/mol. The Morgan fingerprint density at radius 2 is 2.18 bits per heavy atom. The van der Waals surface area contributed by atoms with Gasteiger partial charge in [-0.1, -0.05) is 12.1 Å². The Kier molecular flexibility index (Phi) is 4.51. The number of benzene rings is 1. The zero-order valence-corrected chi connectivity index (χ0v) is 13.2. The van der Waals surface area contributed by atoms with Crippen LogP contribution in [-0.4, -0.2) is 39.0 Å². The van der Waals surface area contributed by atoms with E-state index < -0.39 is 10.5 Å². The van der Waals surface area contributed by atoms with E-state index in [-0.39, 0.29) is 24.1 Å². The van der Waals surface area contributed by atoms with Crippen molar-refractivity contribution in [2.24, 2.45) is 0 Å². The average Bonchev–Trinajstić information content (AvgIpc) is 2.90. The van der Waals surface area contributed by atoms with Crippen LogP contribution in [0.3, 0.4) is 0 Å². The summed E-state index contributed by atoms with van der Waals surface area (Å²) in [4.78, 5) is 24.8. The molecule has 1 aliphatic heterocycles. The standard InChI is InChI=1S/C16H22N2O4/c1-11-12(6-4-7-13(11)18(21)22)10-15(19)17-9-5-8-14(17)16(2,3)20/h4,6-7,14,20H,5,8-10H2,1-3H3/t14-/m1/s1. The molecular formula is C16H22N2O4. The van der Waals surface area contributed by atoms with E-state index in [0.29, 0.717) is 17.7 Å². The van der Waals surface area contributed by atoms with E-state index in [1.165, 1.54) is 6.07 Å². The zero-order valence-electron chi connectivity index (χ0n) is 13.2. The Morgan fingerprint density at radius 3 is 2.77 bits per heavy atom. The first kappa shape index (κ1) is 16.4. The van der Waals surface area contributed by atoms with Gasteiger partial charge in [0.05, 0.1) is 23.0 Å². The van der Waals surface area contributed by atoms with Gasteiger partial charge in [0.25, 0.3) is 5.69 Å². The van der Waals surface area contributed by atoms with Crippen molar-refractivity contribution in [3.8, 4) is 0 Å². The molecule has 1 heterocycles. The minimum atomic E-state index is -0.941. The highest BCUT2D eigenvalue weighted by Crippen LogP contribution is 2.28. The summed E-state index contributed by atoms with van der Waals surface area (Å²) < 4.78 is 0. The fourth-order valence-electron chi connectivity index (χ4n) is 3.12. The lowest BCUT2D eigenvalue weighted by atomic mass is 9.96. The third-order valence-electron chi connectivity index (χ3n) is 4.34. The maximum absolute atomic E-state index is 12.6. The Bertz CT molecular complexity index is 592. The van der Waals surface area contributed by atoms with Gasteiger partial charge in [-0.15, -0.1) is 0 Å². The molecule has 1 aromatic carbocycles. The van der Waals surface area contributed by atoms with Crippen LogP contribution in [0.1, 0.15) is 37.8 Å². The molecule has 0 spiro atoms. The summed E-state index contributed by atoms with van der Waals surface area (Å²) in [6, 6.07) is 4.60. The second kappa shape index (κ2) is 6.04. The second-order valence-corrected chi connectivity index (χ2v) is 6.39. The minimum absolute atomic E-state index is 0.0331. The van der Waals surface area contributed by atoms with Gasteiger partial charge in [0.2, 0.25) is 5.91 Å². The number of rotatable bonds is 4. The molecule has 1 atom stereocenters. The highest BCUT2D eigenvalue weighted by Gasteiger charge is 2.38. The molecule has 0 radical (unpaired) electrons. The fourth-order valence-corrected chi connectivity index (χ4v) is 3.12. The Morgan fingerprint density at radius 1 is 1.50 bits per heavy atom. The minimum Gasteiger partial charge on any atom is -0.388 e. The molecule has 22 heavy (non-hydrogen) atoms. The summed E-state index contributed by atoms with van der Waals surface area (Å²) >= 11 is 0. The van der Waals surface area contributed by atoms with E-state index >= 15 is 0 Å². The van der Waals surface area contributed by atoms with E-state index in [2.05, 4.69) is 0 Å². The van der Waals surface area contributed by atoms with E-state index in [9.17, 15) is 20.0 Å². The van der Waals surface area contributed by atoms with Crippen LogP contribution in [0, 0.1) is 17.0 Å². The topological polar surface area (TPSA) is 83.7 Å². The molecule has 0 aliphatic carbocycles. The number of hydrogen-bond donors (Lipinski definition) is 1.